The zero-order valence-electron chi connectivity index (χ0n) is 36.8. The number of rotatable bonds is 9. The van der Waals surface area contributed by atoms with Crippen LogP contribution >= 0.6 is 0 Å². The third-order valence-electron chi connectivity index (χ3n) is 10.3. The number of halogens is 1. The Hall–Kier alpha value is -5.77. The summed E-state index contributed by atoms with van der Waals surface area (Å²) in [6.45, 7) is 14.1. The molecule has 2 N–H and O–H groups in total. The number of amides is 4. The number of likely N-dealkylation sites (N-methyl/N-ethyl adjacent to an activating group) is 1. The summed E-state index contributed by atoms with van der Waals surface area (Å²) >= 11 is 0. The van der Waals surface area contributed by atoms with E-state index in [4.69, 9.17) is 14.2 Å². The van der Waals surface area contributed by atoms with Crippen LogP contribution in [-0.4, -0.2) is 72.4 Å². The van der Waals surface area contributed by atoms with Crippen molar-refractivity contribution in [1.29, 1.82) is 0 Å². The molecule has 1 aromatic heterocycles. The molecule has 0 saturated heterocycles. The monoisotopic (exact) mass is 873 g/mol. The van der Waals surface area contributed by atoms with Crippen molar-refractivity contribution in [3.8, 4) is 5.75 Å². The fourth-order valence-electron chi connectivity index (χ4n) is 7.14. The molecule has 2 atom stereocenters. The maximum Gasteiger partial charge on any atom is 0.425 e. The summed E-state index contributed by atoms with van der Waals surface area (Å²) in [5.41, 5.74) is 0.230. The molecule has 62 heavy (non-hydrogen) atoms. The Morgan fingerprint density at radius 1 is 0.952 bits per heavy atom. The molecule has 2 aliphatic rings. The molecule has 4 amide bonds. The molecule has 1 aliphatic carbocycles. The lowest BCUT2D eigenvalue weighted by Gasteiger charge is -2.29. The molecule has 1 aliphatic heterocycles. The number of unbranched alkanes of at least 4 members (excludes halogenated alkanes) is 1. The van der Waals surface area contributed by atoms with E-state index in [0.29, 0.717) is 58.2 Å². The van der Waals surface area contributed by atoms with Gasteiger partial charge in [-0.15, -0.1) is 0 Å². The zero-order chi connectivity index (χ0) is 45.3. The van der Waals surface area contributed by atoms with E-state index in [1.807, 2.05) is 13.0 Å². The highest BCUT2D eigenvalue weighted by atomic mass is 32.2. The van der Waals surface area contributed by atoms with E-state index >= 15 is 4.39 Å². The largest absolute Gasteiger partial charge is 0.493 e. The second-order valence-electron chi connectivity index (χ2n) is 18.0. The summed E-state index contributed by atoms with van der Waals surface area (Å²) in [6, 6.07) is 13.3. The van der Waals surface area contributed by atoms with Crippen molar-refractivity contribution in [3.05, 3.63) is 83.3 Å². The third kappa shape index (κ3) is 10.6. The van der Waals surface area contributed by atoms with E-state index in [-0.39, 0.29) is 46.3 Å². The minimum Gasteiger partial charge on any atom is -0.493 e. The van der Waals surface area contributed by atoms with Crippen LogP contribution in [0.25, 0.3) is 10.8 Å². The van der Waals surface area contributed by atoms with E-state index in [9.17, 15) is 27.6 Å². The Labute approximate surface area is 362 Å². The molecule has 0 radical (unpaired) electrons. The van der Waals surface area contributed by atoms with Crippen molar-refractivity contribution < 1.29 is 46.2 Å². The fourth-order valence-corrected chi connectivity index (χ4v) is 9.00. The van der Waals surface area contributed by atoms with E-state index in [1.54, 1.807) is 78.9 Å². The van der Waals surface area contributed by atoms with Crippen LogP contribution in [0.2, 0.25) is 0 Å². The highest BCUT2D eigenvalue weighted by Gasteiger charge is 2.39. The minimum atomic E-state index is -3.70. The molecule has 1 fully saturated rings. The quantitative estimate of drug-likeness (QED) is 0.153. The van der Waals surface area contributed by atoms with Crippen LogP contribution in [0.3, 0.4) is 0 Å². The molecule has 0 unspecified atom stereocenters. The van der Waals surface area contributed by atoms with Crippen molar-refractivity contribution >= 4 is 61.8 Å². The number of benzene rings is 3. The van der Waals surface area contributed by atoms with Gasteiger partial charge in [-0.25, -0.2) is 27.4 Å². The lowest BCUT2D eigenvalue weighted by molar-refractivity contribution is -0.131. The van der Waals surface area contributed by atoms with Gasteiger partial charge in [-0.2, -0.15) is 4.90 Å². The Bertz CT molecular complexity index is 2470. The molecule has 6 rings (SSSR count). The summed E-state index contributed by atoms with van der Waals surface area (Å²) < 4.78 is 60.4. The van der Waals surface area contributed by atoms with Crippen LogP contribution in [0.4, 0.5) is 31.2 Å². The number of hydrogen-bond acceptors (Lipinski definition) is 11. The molecule has 14 nitrogen and oxygen atoms in total. The molecule has 3 aromatic carbocycles. The van der Waals surface area contributed by atoms with Gasteiger partial charge < -0.3 is 29.7 Å². The van der Waals surface area contributed by atoms with Crippen molar-refractivity contribution in [2.75, 3.05) is 29.2 Å². The van der Waals surface area contributed by atoms with Gasteiger partial charge in [0, 0.05) is 42.2 Å². The summed E-state index contributed by atoms with van der Waals surface area (Å²) in [5, 5.41) is 5.74. The van der Waals surface area contributed by atoms with E-state index < -0.39 is 56.2 Å². The summed E-state index contributed by atoms with van der Waals surface area (Å²) in [7, 11) is -2.14. The van der Waals surface area contributed by atoms with Gasteiger partial charge in [0.2, 0.25) is 11.8 Å². The molecular formula is C46H56FN5O9S. The standard InChI is InChI=1S/C46H56FN5O9S/c1-10-11-20-59-37-18-12-28-23-34(37)27(2)21-39(53)49-30-14-19-38(62(57,58)32-15-16-32)29(22-30)26-51(9)42(54)40(28)50-31-13-17-33-35(24-31)36(47)25-48-41(33)52(43(55)60-45(3,4)5)44(56)61-46(6,7)8/h12-14,17-19,22-25,27,32,40,50H,10-11,15-16,20-21,26H2,1-9H3,(H,49,53)/t27-,40-/m1/s1. The van der Waals surface area contributed by atoms with Gasteiger partial charge in [-0.1, -0.05) is 26.3 Å². The third-order valence-corrected chi connectivity index (χ3v) is 12.6. The molecule has 1 saturated carbocycles. The first-order valence-electron chi connectivity index (χ1n) is 20.9. The lowest BCUT2D eigenvalue weighted by atomic mass is 9.92. The van der Waals surface area contributed by atoms with Gasteiger partial charge in [0.15, 0.2) is 15.7 Å². The molecule has 4 aromatic rings. The zero-order valence-corrected chi connectivity index (χ0v) is 37.6. The predicted octanol–water partition coefficient (Wildman–Crippen LogP) is 9.42. The number of nitrogens with zero attached hydrogens (tertiary/aromatic N) is 3. The minimum absolute atomic E-state index is 0.0365. The second kappa shape index (κ2) is 17.9. The number of ether oxygens (including phenoxy) is 3. The molecule has 4 bridgehead atoms. The summed E-state index contributed by atoms with van der Waals surface area (Å²) in [4.78, 5) is 61.7. The molecular weight excluding hydrogens is 818 g/mol. The van der Waals surface area contributed by atoms with Crippen LogP contribution < -0.4 is 20.3 Å². The second-order valence-corrected chi connectivity index (χ2v) is 20.2. The van der Waals surface area contributed by atoms with Crippen molar-refractivity contribution in [2.45, 2.75) is 127 Å². The highest BCUT2D eigenvalue weighted by molar-refractivity contribution is 7.92. The van der Waals surface area contributed by atoms with Gasteiger partial charge in [-0.05, 0) is 132 Å². The Morgan fingerprint density at radius 3 is 2.26 bits per heavy atom. The van der Waals surface area contributed by atoms with Crippen molar-refractivity contribution in [1.82, 2.24) is 9.88 Å². The number of sulfone groups is 1. The van der Waals surface area contributed by atoms with Crippen LogP contribution in [0.1, 0.15) is 116 Å². The predicted molar refractivity (Wildman–Crippen MR) is 235 cm³/mol. The first-order valence-corrected chi connectivity index (χ1v) is 22.4. The number of pyridine rings is 1. The Kier molecular flexibility index (Phi) is 13.2. The maximum atomic E-state index is 15.8. The van der Waals surface area contributed by atoms with Crippen LogP contribution in [0.15, 0.2) is 65.7 Å². The number of carbonyl (C=O) groups excluding carboxylic acids is 4. The number of aromatic nitrogens is 1. The number of carbonyl (C=O) groups is 4. The SMILES string of the molecule is CCCCOc1ccc2cc1[C@H](C)CC(=O)Nc1ccc(S(=O)(=O)C3CC3)c(c1)CN(C)C(=O)[C@@H]2Nc1ccc2c(N(C(=O)OC(C)(C)C)C(=O)OC(C)(C)C)ncc(F)c2c1. The number of nitrogens with one attached hydrogen (secondary N) is 2. The smallest absolute Gasteiger partial charge is 0.425 e. The average Bonchev–Trinajstić information content (AvgIpc) is 4.03. The molecule has 16 heteroatoms. The van der Waals surface area contributed by atoms with Crippen LogP contribution in [-0.2, 0) is 35.4 Å². The molecule has 0 spiro atoms. The average molecular weight is 874 g/mol. The fraction of sp³-hybridized carbons (Fsp3) is 0.457. The van der Waals surface area contributed by atoms with Gasteiger partial charge in [0.25, 0.3) is 0 Å². The maximum absolute atomic E-state index is 15.8. The molecule has 2 heterocycles. The summed E-state index contributed by atoms with van der Waals surface area (Å²) in [5.74, 6) is -1.55. The number of fused-ring (bicyclic) bond motifs is 5. The van der Waals surface area contributed by atoms with Crippen molar-refractivity contribution in [3.63, 3.8) is 0 Å². The first-order chi connectivity index (χ1) is 29.1. The van der Waals surface area contributed by atoms with E-state index in [1.165, 1.54) is 23.1 Å². The van der Waals surface area contributed by atoms with Crippen LogP contribution in [0.5, 0.6) is 5.75 Å². The number of hydrogen-bond donors (Lipinski definition) is 2. The van der Waals surface area contributed by atoms with Gasteiger partial charge in [0.1, 0.15) is 28.8 Å². The van der Waals surface area contributed by atoms with Crippen molar-refractivity contribution in [2.24, 2.45) is 0 Å². The van der Waals surface area contributed by atoms with Gasteiger partial charge in [-0.3, -0.25) is 9.59 Å². The lowest BCUT2D eigenvalue weighted by Crippen LogP contribution is -2.44. The highest BCUT2D eigenvalue weighted by Crippen LogP contribution is 2.39. The number of anilines is 3. The van der Waals surface area contributed by atoms with Gasteiger partial charge in [0.05, 0.1) is 22.9 Å². The Balaban J connectivity index is 1.46. The van der Waals surface area contributed by atoms with E-state index in [0.717, 1.165) is 19.0 Å². The summed E-state index contributed by atoms with van der Waals surface area (Å²) in [6.07, 6.45) is 1.59. The Morgan fingerprint density at radius 2 is 1.63 bits per heavy atom. The van der Waals surface area contributed by atoms with Gasteiger partial charge >= 0.3 is 12.2 Å². The first kappa shape index (κ1) is 45.7. The van der Waals surface area contributed by atoms with E-state index in [2.05, 4.69) is 22.5 Å². The topological polar surface area (TPSA) is 174 Å². The normalized spacial score (nSPS) is 17.5. The van der Waals surface area contributed by atoms with Crippen LogP contribution in [0, 0.1) is 5.82 Å². The number of imide groups is 1. The molecule has 332 valence electrons.